The summed E-state index contributed by atoms with van der Waals surface area (Å²) in [5.74, 6) is 1.66. The largest absolute Gasteiger partial charge is 0.495 e. The number of halogens is 2. The van der Waals surface area contributed by atoms with E-state index in [2.05, 4.69) is 9.97 Å². The van der Waals surface area contributed by atoms with Gasteiger partial charge in [0.2, 0.25) is 11.7 Å². The van der Waals surface area contributed by atoms with Gasteiger partial charge in [0.15, 0.2) is 17.3 Å². The van der Waals surface area contributed by atoms with Crippen molar-refractivity contribution in [1.29, 1.82) is 0 Å². The molecule has 0 saturated carbocycles. The van der Waals surface area contributed by atoms with Crippen molar-refractivity contribution in [2.75, 3.05) is 40.4 Å². The van der Waals surface area contributed by atoms with Crippen LogP contribution in [0.1, 0.15) is 21.5 Å². The first-order valence-corrected chi connectivity index (χ1v) is 10.5. The molecular formula is C23H23Cl2N3O5. The summed E-state index contributed by atoms with van der Waals surface area (Å²) in [5.41, 5.74) is 1.38. The molecule has 0 aliphatic carbocycles. The molecule has 0 spiro atoms. The molecule has 0 unspecified atom stereocenters. The minimum atomic E-state index is -0.379. The first kappa shape index (κ1) is 24.4. The predicted molar refractivity (Wildman–Crippen MR) is 127 cm³/mol. The van der Waals surface area contributed by atoms with Gasteiger partial charge in [-0.3, -0.25) is 4.79 Å². The minimum Gasteiger partial charge on any atom is -0.495 e. The lowest BCUT2D eigenvalue weighted by molar-refractivity contribution is 0.103. The van der Waals surface area contributed by atoms with E-state index in [9.17, 15) is 4.79 Å². The zero-order valence-corrected chi connectivity index (χ0v) is 20.3. The number of ketones is 1. The first-order valence-electron chi connectivity index (χ1n) is 9.73. The van der Waals surface area contributed by atoms with Gasteiger partial charge < -0.3 is 23.8 Å². The van der Waals surface area contributed by atoms with E-state index in [1.54, 1.807) is 36.3 Å². The van der Waals surface area contributed by atoms with E-state index in [-0.39, 0.29) is 16.5 Å². The second kappa shape index (κ2) is 10.6. The first-order chi connectivity index (χ1) is 15.8. The van der Waals surface area contributed by atoms with Crippen molar-refractivity contribution in [2.45, 2.75) is 6.54 Å². The quantitative estimate of drug-likeness (QED) is 0.315. The smallest absolute Gasteiger partial charge is 0.226 e. The number of benzene rings is 2. The molecule has 1 aromatic heterocycles. The lowest BCUT2D eigenvalue weighted by Crippen LogP contribution is -2.20. The van der Waals surface area contributed by atoms with Crippen LogP contribution in [-0.2, 0) is 6.54 Å². The number of hydrogen-bond acceptors (Lipinski definition) is 8. The number of carbonyl (C=O) groups is 1. The molecule has 8 nitrogen and oxygen atoms in total. The maximum atomic E-state index is 13.1. The van der Waals surface area contributed by atoms with Crippen LogP contribution in [0.4, 0.5) is 5.95 Å². The van der Waals surface area contributed by atoms with Gasteiger partial charge in [0, 0.05) is 25.4 Å². The zero-order valence-electron chi connectivity index (χ0n) is 18.8. The SMILES string of the molecule is COc1ccc(CN(C)c2ncc(C(=O)c3cc(OC)c(OC)c(OC)c3)c(Cl)n2)cc1Cl. The van der Waals surface area contributed by atoms with Crippen LogP contribution in [0.25, 0.3) is 0 Å². The van der Waals surface area contributed by atoms with Crippen LogP contribution < -0.4 is 23.8 Å². The fourth-order valence-corrected chi connectivity index (χ4v) is 3.70. The number of hydrogen-bond donors (Lipinski definition) is 0. The predicted octanol–water partition coefficient (Wildman–Crippen LogP) is 4.69. The molecule has 10 heteroatoms. The molecule has 2 aromatic carbocycles. The lowest BCUT2D eigenvalue weighted by atomic mass is 10.0. The molecule has 0 radical (unpaired) electrons. The average Bonchev–Trinajstić information content (AvgIpc) is 2.82. The fourth-order valence-electron chi connectivity index (χ4n) is 3.21. The second-order valence-corrected chi connectivity index (χ2v) is 7.71. The van der Waals surface area contributed by atoms with Crippen LogP contribution in [0, 0.1) is 0 Å². The van der Waals surface area contributed by atoms with Crippen molar-refractivity contribution in [3.63, 3.8) is 0 Å². The Kier molecular flexibility index (Phi) is 7.84. The van der Waals surface area contributed by atoms with Gasteiger partial charge in [-0.2, -0.15) is 0 Å². The Labute approximate surface area is 202 Å². The van der Waals surface area contributed by atoms with Crippen LogP contribution in [0.2, 0.25) is 10.2 Å². The van der Waals surface area contributed by atoms with Gasteiger partial charge in [-0.25, -0.2) is 9.97 Å². The molecule has 0 aliphatic rings. The Morgan fingerprint density at radius 3 is 2.09 bits per heavy atom. The van der Waals surface area contributed by atoms with Crippen molar-refractivity contribution in [3.05, 3.63) is 63.4 Å². The van der Waals surface area contributed by atoms with Crippen LogP contribution >= 0.6 is 23.2 Å². The molecule has 0 N–H and O–H groups in total. The van der Waals surface area contributed by atoms with Gasteiger partial charge >= 0.3 is 0 Å². The van der Waals surface area contributed by atoms with Gasteiger partial charge in [0.25, 0.3) is 0 Å². The van der Waals surface area contributed by atoms with Gasteiger partial charge in [-0.05, 0) is 29.8 Å². The van der Waals surface area contributed by atoms with E-state index in [4.69, 9.17) is 42.1 Å². The Hall–Kier alpha value is -3.23. The topological polar surface area (TPSA) is 83.0 Å². The number of rotatable bonds is 9. The molecule has 3 rings (SSSR count). The number of nitrogens with zero attached hydrogens (tertiary/aromatic N) is 3. The fraction of sp³-hybridized carbons (Fsp3) is 0.261. The van der Waals surface area contributed by atoms with Crippen LogP contribution in [0.15, 0.2) is 36.5 Å². The Bertz CT molecular complexity index is 1150. The van der Waals surface area contributed by atoms with E-state index in [0.717, 1.165) is 5.56 Å². The van der Waals surface area contributed by atoms with Gasteiger partial charge in [-0.15, -0.1) is 0 Å². The van der Waals surface area contributed by atoms with Crippen molar-refractivity contribution in [2.24, 2.45) is 0 Å². The van der Waals surface area contributed by atoms with E-state index >= 15 is 0 Å². The van der Waals surface area contributed by atoms with Crippen molar-refractivity contribution in [3.8, 4) is 23.0 Å². The standard InChI is InChI=1S/C23H23Cl2N3O5/c1-28(12-13-6-7-17(30-2)16(24)8-13)23-26-11-15(22(25)27-23)20(29)14-9-18(31-3)21(33-5)19(10-14)32-4/h6-11H,12H2,1-5H3. The maximum Gasteiger partial charge on any atom is 0.226 e. The van der Waals surface area contributed by atoms with Gasteiger partial charge in [0.05, 0.1) is 39.0 Å². The summed E-state index contributed by atoms with van der Waals surface area (Å²) in [6.07, 6.45) is 1.40. The molecule has 3 aromatic rings. The van der Waals surface area contributed by atoms with E-state index in [0.29, 0.717) is 46.1 Å². The molecule has 0 atom stereocenters. The number of aromatic nitrogens is 2. The summed E-state index contributed by atoms with van der Waals surface area (Å²) in [5, 5.41) is 0.534. The van der Waals surface area contributed by atoms with Crippen LogP contribution in [0.5, 0.6) is 23.0 Å². The van der Waals surface area contributed by atoms with Crippen LogP contribution in [-0.4, -0.2) is 51.2 Å². The highest BCUT2D eigenvalue weighted by atomic mass is 35.5. The molecule has 0 amide bonds. The maximum absolute atomic E-state index is 13.1. The molecular weight excluding hydrogens is 469 g/mol. The normalized spacial score (nSPS) is 10.5. The molecule has 174 valence electrons. The summed E-state index contributed by atoms with van der Waals surface area (Å²) in [4.78, 5) is 23.5. The van der Waals surface area contributed by atoms with E-state index < -0.39 is 0 Å². The monoisotopic (exact) mass is 491 g/mol. The molecule has 0 saturated heterocycles. The summed E-state index contributed by atoms with van der Waals surface area (Å²) >= 11 is 12.6. The van der Waals surface area contributed by atoms with Crippen molar-refractivity contribution < 1.29 is 23.7 Å². The van der Waals surface area contributed by atoms with Crippen LogP contribution in [0.3, 0.4) is 0 Å². The number of carbonyl (C=O) groups excluding carboxylic acids is 1. The Morgan fingerprint density at radius 1 is 0.939 bits per heavy atom. The highest BCUT2D eigenvalue weighted by Crippen LogP contribution is 2.39. The molecule has 0 aliphatic heterocycles. The summed E-state index contributed by atoms with van der Waals surface area (Å²) < 4.78 is 21.1. The number of methoxy groups -OCH3 is 4. The molecule has 1 heterocycles. The molecule has 33 heavy (non-hydrogen) atoms. The Morgan fingerprint density at radius 2 is 1.58 bits per heavy atom. The summed E-state index contributed by atoms with van der Waals surface area (Å²) in [7, 11) is 7.81. The van der Waals surface area contributed by atoms with E-state index in [1.807, 2.05) is 13.1 Å². The minimum absolute atomic E-state index is 0.0263. The number of anilines is 1. The third kappa shape index (κ3) is 5.23. The zero-order chi connectivity index (χ0) is 24.1. The lowest BCUT2D eigenvalue weighted by Gasteiger charge is -2.18. The van der Waals surface area contributed by atoms with Crippen molar-refractivity contribution >= 4 is 34.9 Å². The summed E-state index contributed by atoms with van der Waals surface area (Å²) in [6.45, 7) is 0.472. The molecule has 0 fully saturated rings. The third-order valence-electron chi connectivity index (χ3n) is 4.88. The number of ether oxygens (including phenoxy) is 4. The second-order valence-electron chi connectivity index (χ2n) is 6.94. The highest BCUT2D eigenvalue weighted by molar-refractivity contribution is 6.34. The third-order valence-corrected chi connectivity index (χ3v) is 5.46. The van der Waals surface area contributed by atoms with Gasteiger partial charge in [0.1, 0.15) is 10.9 Å². The van der Waals surface area contributed by atoms with Crippen molar-refractivity contribution in [1.82, 2.24) is 9.97 Å². The Balaban J connectivity index is 1.85. The van der Waals surface area contributed by atoms with Gasteiger partial charge in [-0.1, -0.05) is 29.3 Å². The van der Waals surface area contributed by atoms with E-state index in [1.165, 1.54) is 27.5 Å². The summed E-state index contributed by atoms with van der Waals surface area (Å²) in [6, 6.07) is 8.59. The average molecular weight is 492 g/mol. The molecule has 0 bridgehead atoms. The highest BCUT2D eigenvalue weighted by Gasteiger charge is 2.21.